The monoisotopic (exact) mass is 379 g/mol. The van der Waals surface area contributed by atoms with Gasteiger partial charge in [0, 0.05) is 38.3 Å². The fourth-order valence-corrected chi connectivity index (χ4v) is 5.00. The minimum atomic E-state index is -0.194. The summed E-state index contributed by atoms with van der Waals surface area (Å²) in [5, 5.41) is 2.96. The molecular weight excluding hydrogens is 354 g/mol. The van der Waals surface area contributed by atoms with E-state index in [2.05, 4.69) is 17.3 Å². The van der Waals surface area contributed by atoms with Gasteiger partial charge in [-0.3, -0.25) is 9.69 Å². The first-order valence-corrected chi connectivity index (χ1v) is 9.81. The number of anilines is 3. The van der Waals surface area contributed by atoms with Crippen molar-refractivity contribution in [2.45, 2.75) is 12.8 Å². The predicted molar refractivity (Wildman–Crippen MR) is 108 cm³/mol. The Kier molecular flexibility index (Phi) is 3.77. The second-order valence-corrected chi connectivity index (χ2v) is 8.41. The van der Waals surface area contributed by atoms with Gasteiger partial charge in [-0.05, 0) is 44.6 Å². The highest BCUT2D eigenvalue weighted by Crippen LogP contribution is 2.42. The number of hydrogen-bond donors (Lipinski definition) is 1. The summed E-state index contributed by atoms with van der Waals surface area (Å²) >= 11 is 0. The minimum absolute atomic E-state index is 0.0529. The molecule has 1 aromatic heterocycles. The Labute approximate surface area is 164 Å². The maximum absolute atomic E-state index is 13.7. The number of carbonyl (C=O) groups is 2. The first kappa shape index (κ1) is 17.3. The van der Waals surface area contributed by atoms with Crippen molar-refractivity contribution in [2.75, 3.05) is 43.4 Å². The lowest BCUT2D eigenvalue weighted by atomic mass is 9.86. The normalized spacial score (nSPS) is 24.3. The van der Waals surface area contributed by atoms with Gasteiger partial charge in [0.25, 0.3) is 5.91 Å². The van der Waals surface area contributed by atoms with E-state index >= 15 is 0 Å². The summed E-state index contributed by atoms with van der Waals surface area (Å²) in [7, 11) is 3.98. The standard InChI is InChI=1S/C21H25N5O2/c1-23-11-8-21(13-23)9-12-25(14-21)20(28)26-16-6-4-3-5-15(16)22-19(27)18-17(26)7-10-24(18)2/h3-7,10H,8-9,11-14H2,1-2H3,(H,22,27). The molecule has 2 saturated heterocycles. The number of aromatic nitrogens is 1. The van der Waals surface area contributed by atoms with Crippen LogP contribution in [0.3, 0.4) is 0 Å². The van der Waals surface area contributed by atoms with Crippen LogP contribution in [0.1, 0.15) is 23.3 Å². The summed E-state index contributed by atoms with van der Waals surface area (Å²) in [4.78, 5) is 32.5. The van der Waals surface area contributed by atoms with Crippen molar-refractivity contribution in [3.05, 3.63) is 42.2 Å². The van der Waals surface area contributed by atoms with Crippen LogP contribution in [0.5, 0.6) is 0 Å². The lowest BCUT2D eigenvalue weighted by Gasteiger charge is -2.29. The Morgan fingerprint density at radius 2 is 1.82 bits per heavy atom. The average molecular weight is 379 g/mol. The predicted octanol–water partition coefficient (Wildman–Crippen LogP) is 2.88. The van der Waals surface area contributed by atoms with Crippen molar-refractivity contribution in [3.63, 3.8) is 0 Å². The molecule has 1 N–H and O–H groups in total. The number of benzene rings is 1. The summed E-state index contributed by atoms with van der Waals surface area (Å²) in [6.45, 7) is 3.67. The largest absolute Gasteiger partial charge is 0.345 e. The van der Waals surface area contributed by atoms with Crippen molar-refractivity contribution in [2.24, 2.45) is 12.5 Å². The Balaban J connectivity index is 1.55. The van der Waals surface area contributed by atoms with E-state index in [0.29, 0.717) is 17.1 Å². The number of hydrogen-bond acceptors (Lipinski definition) is 3. The second kappa shape index (κ2) is 6.10. The molecular formula is C21H25N5O2. The molecule has 7 nitrogen and oxygen atoms in total. The van der Waals surface area contributed by atoms with E-state index in [1.165, 1.54) is 0 Å². The van der Waals surface area contributed by atoms with E-state index in [4.69, 9.17) is 0 Å². The summed E-state index contributed by atoms with van der Waals surface area (Å²) < 4.78 is 1.77. The van der Waals surface area contributed by atoms with Crippen LogP contribution in [-0.2, 0) is 7.05 Å². The van der Waals surface area contributed by atoms with Crippen molar-refractivity contribution in [1.29, 1.82) is 0 Å². The van der Waals surface area contributed by atoms with Gasteiger partial charge >= 0.3 is 6.03 Å². The lowest BCUT2D eigenvalue weighted by molar-refractivity contribution is 0.102. The molecule has 1 unspecified atom stereocenters. The number of carbonyl (C=O) groups excluding carboxylic acids is 2. The number of fused-ring (bicyclic) bond motifs is 2. The van der Waals surface area contributed by atoms with Gasteiger partial charge in [0.2, 0.25) is 0 Å². The van der Waals surface area contributed by atoms with Crippen LogP contribution >= 0.6 is 0 Å². The first-order chi connectivity index (χ1) is 13.5. The quantitative estimate of drug-likeness (QED) is 0.766. The highest BCUT2D eigenvalue weighted by atomic mass is 16.2. The highest BCUT2D eigenvalue weighted by molar-refractivity contribution is 6.16. The fourth-order valence-electron chi connectivity index (χ4n) is 5.00. The van der Waals surface area contributed by atoms with Crippen LogP contribution in [0.4, 0.5) is 21.9 Å². The van der Waals surface area contributed by atoms with Crippen LogP contribution in [0, 0.1) is 5.41 Å². The number of nitrogens with one attached hydrogen (secondary N) is 1. The molecule has 0 radical (unpaired) electrons. The number of nitrogens with zero attached hydrogens (tertiary/aromatic N) is 4. The average Bonchev–Trinajstić information content (AvgIpc) is 3.34. The molecule has 1 spiro atoms. The molecule has 7 heteroatoms. The van der Waals surface area contributed by atoms with Crippen molar-refractivity contribution in [3.8, 4) is 0 Å². The summed E-state index contributed by atoms with van der Waals surface area (Å²) in [6.07, 6.45) is 4.01. The zero-order valence-corrected chi connectivity index (χ0v) is 16.3. The third kappa shape index (κ3) is 2.53. The SMILES string of the molecule is CN1CCC2(CCN(C(=O)N3c4ccccc4NC(=O)c4c3ccn4C)C2)C1. The minimum Gasteiger partial charge on any atom is -0.345 e. The third-order valence-electron chi connectivity index (χ3n) is 6.43. The van der Waals surface area contributed by atoms with Gasteiger partial charge in [-0.1, -0.05) is 12.1 Å². The van der Waals surface area contributed by atoms with Crippen LogP contribution in [-0.4, -0.2) is 59.5 Å². The number of likely N-dealkylation sites (tertiary alicyclic amines) is 2. The number of para-hydroxylation sites is 2. The van der Waals surface area contributed by atoms with E-state index in [0.717, 1.165) is 44.7 Å². The van der Waals surface area contributed by atoms with Crippen molar-refractivity contribution in [1.82, 2.24) is 14.4 Å². The number of rotatable bonds is 0. The molecule has 3 amide bonds. The second-order valence-electron chi connectivity index (χ2n) is 8.41. The van der Waals surface area contributed by atoms with Crippen molar-refractivity contribution < 1.29 is 9.59 Å². The van der Waals surface area contributed by atoms with Crippen LogP contribution in [0.15, 0.2) is 36.5 Å². The molecule has 5 rings (SSSR count). The Bertz CT molecular complexity index is 967. The van der Waals surface area contributed by atoms with Gasteiger partial charge in [-0.25, -0.2) is 4.79 Å². The molecule has 28 heavy (non-hydrogen) atoms. The first-order valence-electron chi connectivity index (χ1n) is 9.81. The Morgan fingerprint density at radius 1 is 1.04 bits per heavy atom. The van der Waals surface area contributed by atoms with Crippen LogP contribution in [0.25, 0.3) is 0 Å². The fraction of sp³-hybridized carbons (Fsp3) is 0.429. The zero-order chi connectivity index (χ0) is 19.5. The molecule has 0 bridgehead atoms. The molecule has 0 aliphatic carbocycles. The van der Waals surface area contributed by atoms with Crippen LogP contribution in [0.2, 0.25) is 0 Å². The smallest absolute Gasteiger partial charge is 0.329 e. The topological polar surface area (TPSA) is 60.8 Å². The molecule has 0 saturated carbocycles. The van der Waals surface area contributed by atoms with E-state index in [9.17, 15) is 9.59 Å². The Morgan fingerprint density at radius 3 is 2.61 bits per heavy atom. The molecule has 1 atom stereocenters. The van der Waals surface area contributed by atoms with E-state index < -0.39 is 0 Å². The molecule has 4 heterocycles. The zero-order valence-electron chi connectivity index (χ0n) is 16.3. The van der Waals surface area contributed by atoms with Gasteiger partial charge in [-0.15, -0.1) is 0 Å². The molecule has 2 fully saturated rings. The van der Waals surface area contributed by atoms with E-state index in [1.54, 1.807) is 9.47 Å². The lowest BCUT2D eigenvalue weighted by Crippen LogP contribution is -2.41. The molecule has 3 aliphatic heterocycles. The van der Waals surface area contributed by atoms with Crippen molar-refractivity contribution >= 4 is 29.0 Å². The van der Waals surface area contributed by atoms with Gasteiger partial charge in [0.15, 0.2) is 0 Å². The number of urea groups is 1. The number of aryl methyl sites for hydroxylation is 1. The highest BCUT2D eigenvalue weighted by Gasteiger charge is 2.45. The van der Waals surface area contributed by atoms with Gasteiger partial charge in [0.05, 0.1) is 17.1 Å². The van der Waals surface area contributed by atoms with Gasteiger partial charge < -0.3 is 19.7 Å². The van der Waals surface area contributed by atoms with Gasteiger partial charge in [-0.2, -0.15) is 0 Å². The molecule has 3 aliphatic rings. The molecule has 1 aromatic carbocycles. The van der Waals surface area contributed by atoms with Crippen LogP contribution < -0.4 is 10.2 Å². The van der Waals surface area contributed by atoms with E-state index in [-0.39, 0.29) is 17.4 Å². The maximum atomic E-state index is 13.7. The Hall–Kier alpha value is -2.80. The number of amides is 3. The molecule has 146 valence electrons. The summed E-state index contributed by atoms with van der Waals surface area (Å²) in [5.74, 6) is -0.194. The summed E-state index contributed by atoms with van der Waals surface area (Å²) in [6, 6.07) is 9.31. The van der Waals surface area contributed by atoms with E-state index in [1.807, 2.05) is 48.5 Å². The molecule has 2 aromatic rings. The maximum Gasteiger partial charge on any atom is 0.329 e. The van der Waals surface area contributed by atoms with Gasteiger partial charge in [0.1, 0.15) is 5.69 Å². The summed E-state index contributed by atoms with van der Waals surface area (Å²) in [5.41, 5.74) is 2.73. The third-order valence-corrected chi connectivity index (χ3v) is 6.43.